The normalized spacial score (nSPS) is 10.1. The molecule has 2 amide bonds. The largest absolute Gasteiger partial charge is 0.465 e. The number of pyridine rings is 1. The first-order valence-electron chi connectivity index (χ1n) is 8.28. The van der Waals surface area contributed by atoms with Crippen LogP contribution in [0.3, 0.4) is 0 Å². The summed E-state index contributed by atoms with van der Waals surface area (Å²) < 4.78 is 9.58. The summed E-state index contributed by atoms with van der Waals surface area (Å²) in [4.78, 5) is 40.1. The lowest BCUT2D eigenvalue weighted by molar-refractivity contribution is 0.0600. The van der Waals surface area contributed by atoms with E-state index in [0.29, 0.717) is 36.4 Å². The SMILES string of the molecule is COCCCNC(=O)c1ccnc(C(=O)Nc2cccc(C(=O)OC)c2)c1. The van der Waals surface area contributed by atoms with Gasteiger partial charge in [-0.3, -0.25) is 14.6 Å². The molecule has 8 heteroatoms. The zero-order valence-corrected chi connectivity index (χ0v) is 15.2. The molecule has 8 nitrogen and oxygen atoms in total. The first-order chi connectivity index (χ1) is 13.0. The van der Waals surface area contributed by atoms with E-state index < -0.39 is 11.9 Å². The van der Waals surface area contributed by atoms with Crippen LogP contribution in [0.25, 0.3) is 0 Å². The van der Waals surface area contributed by atoms with Crippen LogP contribution in [0.2, 0.25) is 0 Å². The maximum atomic E-state index is 12.4. The van der Waals surface area contributed by atoms with Gasteiger partial charge in [0.1, 0.15) is 5.69 Å². The molecule has 0 saturated carbocycles. The van der Waals surface area contributed by atoms with Gasteiger partial charge in [0.15, 0.2) is 0 Å². The zero-order chi connectivity index (χ0) is 19.6. The fourth-order valence-electron chi connectivity index (χ4n) is 2.25. The van der Waals surface area contributed by atoms with Gasteiger partial charge in [-0.15, -0.1) is 0 Å². The molecular weight excluding hydrogens is 350 g/mol. The smallest absolute Gasteiger partial charge is 0.337 e. The summed E-state index contributed by atoms with van der Waals surface area (Å²) in [6, 6.07) is 9.27. The Balaban J connectivity index is 2.05. The van der Waals surface area contributed by atoms with Crippen molar-refractivity contribution in [3.8, 4) is 0 Å². The van der Waals surface area contributed by atoms with Crippen LogP contribution in [-0.2, 0) is 9.47 Å². The summed E-state index contributed by atoms with van der Waals surface area (Å²) in [7, 11) is 2.87. The average molecular weight is 371 g/mol. The summed E-state index contributed by atoms with van der Waals surface area (Å²) in [5.41, 5.74) is 1.14. The maximum absolute atomic E-state index is 12.4. The quantitative estimate of drug-likeness (QED) is 0.542. The number of carbonyl (C=O) groups is 3. The molecular formula is C19H21N3O5. The van der Waals surface area contributed by atoms with Gasteiger partial charge in [-0.1, -0.05) is 6.07 Å². The Morgan fingerprint density at radius 2 is 1.85 bits per heavy atom. The first kappa shape index (κ1) is 20.1. The van der Waals surface area contributed by atoms with E-state index in [2.05, 4.69) is 20.4 Å². The fraction of sp³-hybridized carbons (Fsp3) is 0.263. The molecule has 0 fully saturated rings. The van der Waals surface area contributed by atoms with Crippen LogP contribution in [0.5, 0.6) is 0 Å². The summed E-state index contributed by atoms with van der Waals surface area (Å²) in [6.45, 7) is 1.02. The van der Waals surface area contributed by atoms with Crippen LogP contribution in [0.4, 0.5) is 5.69 Å². The van der Waals surface area contributed by atoms with Crippen LogP contribution in [-0.4, -0.2) is 50.1 Å². The fourth-order valence-corrected chi connectivity index (χ4v) is 2.25. The van der Waals surface area contributed by atoms with E-state index in [-0.39, 0.29) is 11.6 Å². The molecule has 0 unspecified atom stereocenters. The number of ether oxygens (including phenoxy) is 2. The van der Waals surface area contributed by atoms with Crippen molar-refractivity contribution < 1.29 is 23.9 Å². The topological polar surface area (TPSA) is 107 Å². The van der Waals surface area contributed by atoms with Crippen molar-refractivity contribution in [1.29, 1.82) is 0 Å². The Morgan fingerprint density at radius 1 is 1.04 bits per heavy atom. The van der Waals surface area contributed by atoms with E-state index in [9.17, 15) is 14.4 Å². The minimum absolute atomic E-state index is 0.0861. The Bertz CT molecular complexity index is 822. The van der Waals surface area contributed by atoms with Crippen molar-refractivity contribution in [2.75, 3.05) is 32.7 Å². The highest BCUT2D eigenvalue weighted by Gasteiger charge is 2.13. The van der Waals surface area contributed by atoms with E-state index in [1.807, 2.05) is 0 Å². The van der Waals surface area contributed by atoms with E-state index in [1.54, 1.807) is 25.3 Å². The summed E-state index contributed by atoms with van der Waals surface area (Å²) in [5, 5.41) is 5.39. The number of anilines is 1. The molecule has 1 aromatic heterocycles. The van der Waals surface area contributed by atoms with Crippen LogP contribution in [0.15, 0.2) is 42.6 Å². The summed E-state index contributed by atoms with van der Waals surface area (Å²) in [6.07, 6.45) is 2.08. The second-order valence-electron chi connectivity index (χ2n) is 5.56. The van der Waals surface area contributed by atoms with Crippen molar-refractivity contribution in [3.05, 3.63) is 59.4 Å². The van der Waals surface area contributed by atoms with Gasteiger partial charge < -0.3 is 20.1 Å². The lowest BCUT2D eigenvalue weighted by Crippen LogP contribution is -2.25. The number of nitrogens with zero attached hydrogens (tertiary/aromatic N) is 1. The number of hydrogen-bond acceptors (Lipinski definition) is 6. The molecule has 1 heterocycles. The average Bonchev–Trinajstić information content (AvgIpc) is 2.70. The molecule has 142 valence electrons. The lowest BCUT2D eigenvalue weighted by Gasteiger charge is -2.08. The van der Waals surface area contributed by atoms with Gasteiger partial charge in [-0.2, -0.15) is 0 Å². The first-order valence-corrected chi connectivity index (χ1v) is 8.28. The summed E-state index contributed by atoms with van der Waals surface area (Å²) >= 11 is 0. The third-order valence-corrected chi connectivity index (χ3v) is 3.61. The number of nitrogens with one attached hydrogen (secondary N) is 2. The number of hydrogen-bond donors (Lipinski definition) is 2. The third kappa shape index (κ3) is 5.89. The molecule has 2 rings (SSSR count). The van der Waals surface area contributed by atoms with Gasteiger partial charge in [0.05, 0.1) is 12.7 Å². The highest BCUT2D eigenvalue weighted by atomic mass is 16.5. The maximum Gasteiger partial charge on any atom is 0.337 e. The number of benzene rings is 1. The van der Waals surface area contributed by atoms with Crippen molar-refractivity contribution in [2.24, 2.45) is 0 Å². The van der Waals surface area contributed by atoms with Crippen LogP contribution in [0, 0.1) is 0 Å². The number of aromatic nitrogens is 1. The number of carbonyl (C=O) groups excluding carboxylic acids is 3. The predicted molar refractivity (Wildman–Crippen MR) is 98.8 cm³/mol. The van der Waals surface area contributed by atoms with Crippen molar-refractivity contribution in [3.63, 3.8) is 0 Å². The predicted octanol–water partition coefficient (Wildman–Crippen LogP) is 1.89. The van der Waals surface area contributed by atoms with Crippen LogP contribution >= 0.6 is 0 Å². The van der Waals surface area contributed by atoms with E-state index in [0.717, 1.165) is 0 Å². The van der Waals surface area contributed by atoms with Crippen LogP contribution in [0.1, 0.15) is 37.6 Å². The molecule has 0 saturated heterocycles. The van der Waals surface area contributed by atoms with Gasteiger partial charge in [0.25, 0.3) is 11.8 Å². The summed E-state index contributed by atoms with van der Waals surface area (Å²) in [5.74, 6) is -1.29. The molecule has 0 spiro atoms. The van der Waals surface area contributed by atoms with Crippen molar-refractivity contribution in [2.45, 2.75) is 6.42 Å². The Morgan fingerprint density at radius 3 is 2.59 bits per heavy atom. The second kappa shape index (κ2) is 10.0. The van der Waals surface area contributed by atoms with Gasteiger partial charge >= 0.3 is 5.97 Å². The molecule has 1 aromatic carbocycles. The minimum atomic E-state index is -0.503. The zero-order valence-electron chi connectivity index (χ0n) is 15.2. The highest BCUT2D eigenvalue weighted by Crippen LogP contribution is 2.13. The number of amides is 2. The molecule has 2 aromatic rings. The Labute approximate surface area is 156 Å². The Kier molecular flexibility index (Phi) is 7.45. The van der Waals surface area contributed by atoms with Crippen molar-refractivity contribution in [1.82, 2.24) is 10.3 Å². The standard InChI is InChI=1S/C19H21N3O5/c1-26-10-4-8-21-17(23)13-7-9-20-16(12-13)18(24)22-15-6-3-5-14(11-15)19(25)27-2/h3,5-7,9,11-12H,4,8,10H2,1-2H3,(H,21,23)(H,22,24). The minimum Gasteiger partial charge on any atom is -0.465 e. The van der Waals surface area contributed by atoms with Gasteiger partial charge in [0.2, 0.25) is 0 Å². The molecule has 0 aliphatic heterocycles. The molecule has 0 radical (unpaired) electrons. The number of methoxy groups -OCH3 is 2. The van der Waals surface area contributed by atoms with E-state index in [1.165, 1.54) is 31.5 Å². The molecule has 0 atom stereocenters. The molecule has 0 aliphatic carbocycles. The highest BCUT2D eigenvalue weighted by molar-refractivity contribution is 6.05. The lowest BCUT2D eigenvalue weighted by atomic mass is 10.2. The molecule has 0 bridgehead atoms. The van der Waals surface area contributed by atoms with Gasteiger partial charge in [-0.25, -0.2) is 4.79 Å². The number of esters is 1. The molecule has 0 aliphatic rings. The molecule has 27 heavy (non-hydrogen) atoms. The van der Waals surface area contributed by atoms with Gasteiger partial charge in [0, 0.05) is 37.7 Å². The third-order valence-electron chi connectivity index (χ3n) is 3.61. The van der Waals surface area contributed by atoms with Crippen molar-refractivity contribution >= 4 is 23.5 Å². The van der Waals surface area contributed by atoms with Crippen LogP contribution < -0.4 is 10.6 Å². The van der Waals surface area contributed by atoms with Gasteiger partial charge in [-0.05, 0) is 36.8 Å². The van der Waals surface area contributed by atoms with E-state index >= 15 is 0 Å². The Hall–Kier alpha value is -3.26. The monoisotopic (exact) mass is 371 g/mol. The van der Waals surface area contributed by atoms with E-state index in [4.69, 9.17) is 4.74 Å². The number of rotatable bonds is 8. The molecule has 2 N–H and O–H groups in total. The second-order valence-corrected chi connectivity index (χ2v) is 5.56.